The molecule has 0 heterocycles. The van der Waals surface area contributed by atoms with E-state index in [1.165, 1.54) is 35.1 Å². The Kier molecular flexibility index (Phi) is 10.4. The highest BCUT2D eigenvalue weighted by molar-refractivity contribution is 5.72. The Hall–Kier alpha value is -1.56. The third kappa shape index (κ3) is 4.52. The molecule has 0 heteroatoms. The van der Waals surface area contributed by atoms with E-state index < -0.39 is 0 Å². The number of aryl methyl sites for hydroxylation is 2. The standard InChI is InChI=1S/C14H12.3C2H6/c1-3-7-13-11(5-1)9-10-12-6-2-4-8-14(12)13;3*1-2/h1-8H,9-10H2;3*1-2H3. The molecule has 0 aromatic heterocycles. The van der Waals surface area contributed by atoms with Gasteiger partial charge in [-0.3, -0.25) is 0 Å². The summed E-state index contributed by atoms with van der Waals surface area (Å²) in [4.78, 5) is 0. The molecule has 0 amide bonds. The van der Waals surface area contributed by atoms with Crippen LogP contribution in [0.5, 0.6) is 0 Å². The van der Waals surface area contributed by atoms with E-state index in [9.17, 15) is 0 Å². The van der Waals surface area contributed by atoms with Gasteiger partial charge in [-0.2, -0.15) is 0 Å². The van der Waals surface area contributed by atoms with Crippen LogP contribution >= 0.6 is 0 Å². The maximum atomic E-state index is 2.24. The summed E-state index contributed by atoms with van der Waals surface area (Å²) in [5, 5.41) is 0. The van der Waals surface area contributed by atoms with E-state index in [-0.39, 0.29) is 0 Å². The van der Waals surface area contributed by atoms with Crippen LogP contribution in [0.4, 0.5) is 0 Å². The van der Waals surface area contributed by atoms with E-state index in [2.05, 4.69) is 48.5 Å². The van der Waals surface area contributed by atoms with Crippen molar-refractivity contribution in [2.45, 2.75) is 54.4 Å². The number of benzene rings is 2. The molecule has 0 atom stereocenters. The molecule has 0 saturated heterocycles. The van der Waals surface area contributed by atoms with Gasteiger partial charge >= 0.3 is 0 Å². The second-order valence-electron chi connectivity index (χ2n) is 3.81. The van der Waals surface area contributed by atoms with Crippen molar-refractivity contribution >= 4 is 0 Å². The van der Waals surface area contributed by atoms with Crippen LogP contribution in [-0.2, 0) is 12.8 Å². The highest BCUT2D eigenvalue weighted by Crippen LogP contribution is 2.32. The number of hydrogen-bond acceptors (Lipinski definition) is 0. The van der Waals surface area contributed by atoms with Crippen molar-refractivity contribution in [2.24, 2.45) is 0 Å². The normalized spacial score (nSPS) is 10.1. The molecule has 0 fully saturated rings. The van der Waals surface area contributed by atoms with Crippen molar-refractivity contribution in [3.63, 3.8) is 0 Å². The topological polar surface area (TPSA) is 0 Å². The van der Waals surface area contributed by atoms with Gasteiger partial charge in [-0.05, 0) is 35.1 Å². The minimum atomic E-state index is 1.19. The molecule has 3 rings (SSSR count). The molecule has 0 bridgehead atoms. The number of fused-ring (bicyclic) bond motifs is 3. The molecule has 20 heavy (non-hydrogen) atoms. The lowest BCUT2D eigenvalue weighted by atomic mass is 9.86. The van der Waals surface area contributed by atoms with Gasteiger partial charge in [-0.15, -0.1) is 0 Å². The average Bonchev–Trinajstić information content (AvgIpc) is 2.60. The van der Waals surface area contributed by atoms with E-state index in [1.807, 2.05) is 41.5 Å². The summed E-state index contributed by atoms with van der Waals surface area (Å²) < 4.78 is 0. The quantitative estimate of drug-likeness (QED) is 0.510. The average molecular weight is 270 g/mol. The molecular weight excluding hydrogens is 240 g/mol. The Morgan fingerprint density at radius 2 is 0.800 bits per heavy atom. The SMILES string of the molecule is CC.CC.CC.c1ccc2c(c1)CCc1ccccc1-2. The molecule has 2 aromatic rings. The van der Waals surface area contributed by atoms with E-state index >= 15 is 0 Å². The third-order valence-corrected chi connectivity index (χ3v) is 2.99. The lowest BCUT2D eigenvalue weighted by molar-refractivity contribution is 0.942. The first-order valence-corrected chi connectivity index (χ1v) is 8.11. The van der Waals surface area contributed by atoms with Crippen LogP contribution in [0.25, 0.3) is 11.1 Å². The van der Waals surface area contributed by atoms with Crippen molar-refractivity contribution in [3.8, 4) is 11.1 Å². The summed E-state index contributed by atoms with van der Waals surface area (Å²) in [6, 6.07) is 17.5. The first-order chi connectivity index (χ1) is 9.95. The summed E-state index contributed by atoms with van der Waals surface area (Å²) in [7, 11) is 0. The van der Waals surface area contributed by atoms with Crippen LogP contribution in [0, 0.1) is 0 Å². The molecule has 0 nitrogen and oxygen atoms in total. The van der Waals surface area contributed by atoms with Crippen molar-refractivity contribution in [1.29, 1.82) is 0 Å². The summed E-state index contributed by atoms with van der Waals surface area (Å²) in [5.41, 5.74) is 5.83. The molecule has 0 saturated carbocycles. The Morgan fingerprint density at radius 1 is 0.500 bits per heavy atom. The first kappa shape index (κ1) is 18.4. The second-order valence-corrected chi connectivity index (χ2v) is 3.81. The van der Waals surface area contributed by atoms with Crippen LogP contribution < -0.4 is 0 Å². The fraction of sp³-hybridized carbons (Fsp3) is 0.400. The Balaban J connectivity index is 0.000000538. The van der Waals surface area contributed by atoms with Crippen molar-refractivity contribution in [2.75, 3.05) is 0 Å². The van der Waals surface area contributed by atoms with Gasteiger partial charge in [0.25, 0.3) is 0 Å². The molecule has 110 valence electrons. The molecule has 0 radical (unpaired) electrons. The zero-order valence-electron chi connectivity index (χ0n) is 14.0. The van der Waals surface area contributed by atoms with Crippen LogP contribution in [0.15, 0.2) is 48.5 Å². The van der Waals surface area contributed by atoms with Crippen molar-refractivity contribution in [1.82, 2.24) is 0 Å². The highest BCUT2D eigenvalue weighted by atomic mass is 14.2. The third-order valence-electron chi connectivity index (χ3n) is 2.99. The minimum absolute atomic E-state index is 1.19. The smallest absolute Gasteiger partial charge is 0.0149 e. The van der Waals surface area contributed by atoms with Crippen LogP contribution in [-0.4, -0.2) is 0 Å². The number of rotatable bonds is 0. The molecule has 0 aliphatic heterocycles. The van der Waals surface area contributed by atoms with E-state index in [0.29, 0.717) is 0 Å². The van der Waals surface area contributed by atoms with Gasteiger partial charge in [-0.1, -0.05) is 90.1 Å². The monoisotopic (exact) mass is 270 g/mol. The maximum absolute atomic E-state index is 2.24. The Bertz CT molecular complexity index is 423. The molecule has 1 aliphatic rings. The number of hydrogen-bond donors (Lipinski definition) is 0. The van der Waals surface area contributed by atoms with Crippen LogP contribution in [0.2, 0.25) is 0 Å². The van der Waals surface area contributed by atoms with Gasteiger partial charge in [0.15, 0.2) is 0 Å². The Labute approximate surface area is 125 Å². The van der Waals surface area contributed by atoms with E-state index in [1.54, 1.807) is 0 Å². The predicted molar refractivity (Wildman–Crippen MR) is 93.3 cm³/mol. The maximum Gasteiger partial charge on any atom is -0.0149 e. The first-order valence-electron chi connectivity index (χ1n) is 8.11. The van der Waals surface area contributed by atoms with Crippen LogP contribution in [0.1, 0.15) is 52.7 Å². The molecular formula is C20H30. The lowest BCUT2D eigenvalue weighted by Crippen LogP contribution is -2.02. The van der Waals surface area contributed by atoms with E-state index in [4.69, 9.17) is 0 Å². The molecule has 1 aliphatic carbocycles. The predicted octanol–water partition coefficient (Wildman–Crippen LogP) is 6.53. The molecule has 0 spiro atoms. The summed E-state index contributed by atoms with van der Waals surface area (Å²) in [6.45, 7) is 12.0. The molecule has 2 aromatic carbocycles. The zero-order chi connectivity index (χ0) is 15.4. The molecule has 0 unspecified atom stereocenters. The van der Waals surface area contributed by atoms with Gasteiger partial charge in [0.1, 0.15) is 0 Å². The minimum Gasteiger partial charge on any atom is -0.0683 e. The fourth-order valence-corrected chi connectivity index (χ4v) is 2.27. The van der Waals surface area contributed by atoms with Crippen molar-refractivity contribution in [3.05, 3.63) is 59.7 Å². The second kappa shape index (κ2) is 11.3. The van der Waals surface area contributed by atoms with Gasteiger partial charge < -0.3 is 0 Å². The summed E-state index contributed by atoms with van der Waals surface area (Å²) in [6.07, 6.45) is 2.38. The Morgan fingerprint density at radius 3 is 1.15 bits per heavy atom. The summed E-state index contributed by atoms with van der Waals surface area (Å²) >= 11 is 0. The lowest BCUT2D eigenvalue weighted by Gasteiger charge is -2.19. The van der Waals surface area contributed by atoms with Gasteiger partial charge in [0, 0.05) is 0 Å². The van der Waals surface area contributed by atoms with Crippen molar-refractivity contribution < 1.29 is 0 Å². The largest absolute Gasteiger partial charge is 0.0683 e. The zero-order valence-corrected chi connectivity index (χ0v) is 14.0. The summed E-state index contributed by atoms with van der Waals surface area (Å²) in [5.74, 6) is 0. The van der Waals surface area contributed by atoms with Gasteiger partial charge in [0.2, 0.25) is 0 Å². The fourth-order valence-electron chi connectivity index (χ4n) is 2.27. The molecule has 0 N–H and O–H groups in total. The van der Waals surface area contributed by atoms with Gasteiger partial charge in [0.05, 0.1) is 0 Å². The van der Waals surface area contributed by atoms with E-state index in [0.717, 1.165) is 0 Å². The highest BCUT2D eigenvalue weighted by Gasteiger charge is 2.13. The van der Waals surface area contributed by atoms with Gasteiger partial charge in [-0.25, -0.2) is 0 Å². The van der Waals surface area contributed by atoms with Crippen LogP contribution in [0.3, 0.4) is 0 Å².